The summed E-state index contributed by atoms with van der Waals surface area (Å²) in [7, 11) is 0. The Morgan fingerprint density at radius 3 is 2.61 bits per heavy atom. The quantitative estimate of drug-likeness (QED) is 0.903. The second-order valence-electron chi connectivity index (χ2n) is 5.92. The Labute approximate surface area is 143 Å². The predicted molar refractivity (Wildman–Crippen MR) is 95.7 cm³/mol. The molecule has 0 heterocycles. The van der Waals surface area contributed by atoms with Crippen molar-refractivity contribution < 1.29 is 4.79 Å². The van der Waals surface area contributed by atoms with Gasteiger partial charge in [-0.2, -0.15) is 0 Å². The van der Waals surface area contributed by atoms with Crippen LogP contribution in [0.5, 0.6) is 0 Å². The van der Waals surface area contributed by atoms with Crippen molar-refractivity contribution in [1.82, 2.24) is 5.32 Å². The average molecular weight is 331 g/mol. The Balaban J connectivity index is 0.00000192. The maximum Gasteiger partial charge on any atom is 0.241 e. The third-order valence-corrected chi connectivity index (χ3v) is 4.46. The van der Waals surface area contributed by atoms with Gasteiger partial charge in [0.1, 0.15) is 6.04 Å². The highest BCUT2D eigenvalue weighted by Gasteiger charge is 2.22. The van der Waals surface area contributed by atoms with Crippen molar-refractivity contribution in [2.24, 2.45) is 5.73 Å². The first-order valence-electron chi connectivity index (χ1n) is 7.92. The van der Waals surface area contributed by atoms with E-state index in [2.05, 4.69) is 29.6 Å². The van der Waals surface area contributed by atoms with Crippen molar-refractivity contribution in [3.63, 3.8) is 0 Å². The number of fused-ring (bicyclic) bond motifs is 1. The molecular weight excluding hydrogens is 308 g/mol. The number of aryl methyl sites for hydroxylation is 1. The molecule has 3 N–H and O–H groups in total. The summed E-state index contributed by atoms with van der Waals surface area (Å²) >= 11 is 0. The molecule has 0 aliphatic heterocycles. The van der Waals surface area contributed by atoms with Crippen LogP contribution < -0.4 is 11.1 Å². The van der Waals surface area contributed by atoms with E-state index in [1.54, 1.807) is 0 Å². The van der Waals surface area contributed by atoms with Crippen LogP contribution in [0.2, 0.25) is 0 Å². The lowest BCUT2D eigenvalue weighted by Gasteiger charge is -2.26. The van der Waals surface area contributed by atoms with Crippen molar-refractivity contribution in [2.75, 3.05) is 6.54 Å². The average Bonchev–Trinajstić information content (AvgIpc) is 2.59. The van der Waals surface area contributed by atoms with Crippen LogP contribution in [0, 0.1) is 0 Å². The molecule has 0 spiro atoms. The van der Waals surface area contributed by atoms with Crippen LogP contribution in [0.25, 0.3) is 0 Å². The molecule has 23 heavy (non-hydrogen) atoms. The zero-order valence-electron chi connectivity index (χ0n) is 13.1. The summed E-state index contributed by atoms with van der Waals surface area (Å²) in [6.07, 6.45) is 3.45. The molecule has 2 aromatic rings. The molecule has 0 saturated heterocycles. The van der Waals surface area contributed by atoms with E-state index in [1.807, 2.05) is 30.3 Å². The van der Waals surface area contributed by atoms with Gasteiger partial charge in [-0.15, -0.1) is 12.4 Å². The Hall–Kier alpha value is -1.84. The van der Waals surface area contributed by atoms with Crippen molar-refractivity contribution in [1.29, 1.82) is 0 Å². The first kappa shape index (κ1) is 17.5. The number of benzene rings is 2. The molecule has 2 atom stereocenters. The molecule has 0 aromatic heterocycles. The first-order chi connectivity index (χ1) is 10.8. The number of nitrogens with two attached hydrogens (primary N) is 1. The molecule has 0 saturated carbocycles. The molecule has 4 heteroatoms. The summed E-state index contributed by atoms with van der Waals surface area (Å²) in [5.74, 6) is 0.297. The van der Waals surface area contributed by atoms with E-state index in [0.717, 1.165) is 18.4 Å². The van der Waals surface area contributed by atoms with Crippen LogP contribution in [0.15, 0.2) is 54.6 Å². The lowest BCUT2D eigenvalue weighted by Crippen LogP contribution is -2.37. The number of hydrogen-bond donors (Lipinski definition) is 2. The minimum Gasteiger partial charge on any atom is -0.354 e. The summed E-state index contributed by atoms with van der Waals surface area (Å²) in [5, 5.41) is 3.03. The number of halogens is 1. The van der Waals surface area contributed by atoms with Gasteiger partial charge in [0.2, 0.25) is 5.91 Å². The van der Waals surface area contributed by atoms with Gasteiger partial charge in [-0.3, -0.25) is 4.79 Å². The highest BCUT2D eigenvalue weighted by molar-refractivity contribution is 5.85. The highest BCUT2D eigenvalue weighted by Crippen LogP contribution is 2.30. The molecule has 2 unspecified atom stereocenters. The SMILES string of the molecule is Cl.NC(C(=O)NCC1CCCc2ccccc21)c1ccccc1. The van der Waals surface area contributed by atoms with Crippen molar-refractivity contribution >= 4 is 18.3 Å². The molecule has 1 aliphatic carbocycles. The van der Waals surface area contributed by atoms with Gasteiger partial charge in [-0.1, -0.05) is 54.6 Å². The standard InChI is InChI=1S/C19H22N2O.ClH/c20-18(15-8-2-1-3-9-15)19(22)21-13-16-11-6-10-14-7-4-5-12-17(14)16;/h1-5,7-9,12,16,18H,6,10-11,13,20H2,(H,21,22);1H. The Kier molecular flexibility index (Phi) is 6.20. The van der Waals surface area contributed by atoms with E-state index in [-0.39, 0.29) is 18.3 Å². The summed E-state index contributed by atoms with van der Waals surface area (Å²) in [6.45, 7) is 0.663. The second kappa shape index (κ2) is 8.14. The number of carbonyl (C=O) groups excluding carboxylic acids is 1. The van der Waals surface area contributed by atoms with Gasteiger partial charge in [0.25, 0.3) is 0 Å². The molecule has 1 amide bonds. The largest absolute Gasteiger partial charge is 0.354 e. The highest BCUT2D eigenvalue weighted by atomic mass is 35.5. The lowest BCUT2D eigenvalue weighted by atomic mass is 9.83. The fourth-order valence-corrected chi connectivity index (χ4v) is 3.21. The van der Waals surface area contributed by atoms with Crippen LogP contribution in [-0.4, -0.2) is 12.5 Å². The molecule has 0 bridgehead atoms. The zero-order chi connectivity index (χ0) is 15.4. The maximum absolute atomic E-state index is 12.3. The molecule has 122 valence electrons. The van der Waals surface area contributed by atoms with Crippen LogP contribution >= 0.6 is 12.4 Å². The van der Waals surface area contributed by atoms with Crippen LogP contribution in [0.1, 0.15) is 41.5 Å². The smallest absolute Gasteiger partial charge is 0.241 e. The summed E-state index contributed by atoms with van der Waals surface area (Å²) in [6, 6.07) is 17.5. The third-order valence-electron chi connectivity index (χ3n) is 4.46. The fraction of sp³-hybridized carbons (Fsp3) is 0.316. The number of amides is 1. The number of nitrogens with one attached hydrogen (secondary N) is 1. The summed E-state index contributed by atoms with van der Waals surface area (Å²) < 4.78 is 0. The summed E-state index contributed by atoms with van der Waals surface area (Å²) in [5.41, 5.74) is 9.68. The molecule has 0 radical (unpaired) electrons. The van der Waals surface area contributed by atoms with E-state index in [9.17, 15) is 4.79 Å². The molecule has 1 aliphatic rings. The minimum absolute atomic E-state index is 0. The monoisotopic (exact) mass is 330 g/mol. The molecule has 2 aromatic carbocycles. The Bertz CT molecular complexity index is 645. The van der Waals surface area contributed by atoms with E-state index >= 15 is 0 Å². The van der Waals surface area contributed by atoms with Gasteiger partial charge in [0, 0.05) is 12.5 Å². The molecule has 3 rings (SSSR count). The van der Waals surface area contributed by atoms with E-state index < -0.39 is 6.04 Å². The number of carbonyl (C=O) groups is 1. The lowest BCUT2D eigenvalue weighted by molar-refractivity contribution is -0.122. The van der Waals surface area contributed by atoms with Gasteiger partial charge < -0.3 is 11.1 Å². The normalized spacial score (nSPS) is 17.5. The van der Waals surface area contributed by atoms with Gasteiger partial charge in [0.15, 0.2) is 0 Å². The second-order valence-corrected chi connectivity index (χ2v) is 5.92. The Morgan fingerprint density at radius 2 is 1.83 bits per heavy atom. The van der Waals surface area contributed by atoms with E-state index in [0.29, 0.717) is 12.5 Å². The molecule has 3 nitrogen and oxygen atoms in total. The third kappa shape index (κ3) is 4.12. The van der Waals surface area contributed by atoms with Gasteiger partial charge in [-0.05, 0) is 36.0 Å². The zero-order valence-corrected chi connectivity index (χ0v) is 13.9. The topological polar surface area (TPSA) is 55.1 Å². The van der Waals surface area contributed by atoms with Crippen molar-refractivity contribution in [3.8, 4) is 0 Å². The van der Waals surface area contributed by atoms with Crippen molar-refractivity contribution in [3.05, 3.63) is 71.3 Å². The summed E-state index contributed by atoms with van der Waals surface area (Å²) in [4.78, 5) is 12.3. The Morgan fingerprint density at radius 1 is 1.13 bits per heavy atom. The van der Waals surface area contributed by atoms with Crippen LogP contribution in [-0.2, 0) is 11.2 Å². The molecule has 0 fully saturated rings. The number of rotatable bonds is 4. The maximum atomic E-state index is 12.3. The van der Waals surface area contributed by atoms with Crippen molar-refractivity contribution in [2.45, 2.75) is 31.2 Å². The van der Waals surface area contributed by atoms with Gasteiger partial charge >= 0.3 is 0 Å². The minimum atomic E-state index is -0.597. The number of hydrogen-bond acceptors (Lipinski definition) is 2. The van der Waals surface area contributed by atoms with E-state index in [4.69, 9.17) is 5.73 Å². The molecular formula is C19H23ClN2O. The van der Waals surface area contributed by atoms with Gasteiger partial charge in [0.05, 0.1) is 0 Å². The van der Waals surface area contributed by atoms with Crippen LogP contribution in [0.4, 0.5) is 0 Å². The van der Waals surface area contributed by atoms with Gasteiger partial charge in [-0.25, -0.2) is 0 Å². The van der Waals surface area contributed by atoms with E-state index in [1.165, 1.54) is 17.5 Å². The predicted octanol–water partition coefficient (Wildman–Crippen LogP) is 3.34. The van der Waals surface area contributed by atoms with Crippen LogP contribution in [0.3, 0.4) is 0 Å². The first-order valence-corrected chi connectivity index (χ1v) is 7.92. The fourth-order valence-electron chi connectivity index (χ4n) is 3.21.